The van der Waals surface area contributed by atoms with Crippen LogP contribution >= 0.6 is 0 Å². The molecule has 2 N–H and O–H groups in total. The summed E-state index contributed by atoms with van der Waals surface area (Å²) in [7, 11) is 1.34. The van der Waals surface area contributed by atoms with Crippen molar-refractivity contribution in [3.63, 3.8) is 0 Å². The molecule has 1 amide bonds. The van der Waals surface area contributed by atoms with Crippen molar-refractivity contribution in [2.45, 2.75) is 32.7 Å². The molecular weight excluding hydrogens is 364 g/mol. The molecule has 0 saturated carbocycles. The van der Waals surface area contributed by atoms with Gasteiger partial charge in [0.15, 0.2) is 0 Å². The number of carbonyl (C=O) groups is 1. The van der Waals surface area contributed by atoms with Gasteiger partial charge in [-0.05, 0) is 13.0 Å². The molecule has 1 aliphatic rings. The smallest absolute Gasteiger partial charge is 0.330 e. The number of aromatic nitrogens is 2. The molecule has 0 fully saturated rings. The Morgan fingerprint density at radius 2 is 2.04 bits per heavy atom. The molecular formula is C19H22N4O5. The number of nitrogens with zero attached hydrogens (tertiary/aromatic N) is 3. The third kappa shape index (κ3) is 3.30. The zero-order chi connectivity index (χ0) is 20.4. The summed E-state index contributed by atoms with van der Waals surface area (Å²) < 4.78 is 6.61. The van der Waals surface area contributed by atoms with Crippen molar-refractivity contribution < 1.29 is 14.6 Å². The fraction of sp³-hybridized carbons (Fsp3) is 0.368. The third-order valence-electron chi connectivity index (χ3n) is 4.63. The van der Waals surface area contributed by atoms with Gasteiger partial charge in [-0.3, -0.25) is 19.1 Å². The minimum Gasteiger partial charge on any atom is -0.494 e. The number of H-pyrrole nitrogens is 1. The van der Waals surface area contributed by atoms with Gasteiger partial charge in [0.1, 0.15) is 11.3 Å². The maximum atomic E-state index is 12.5. The Hall–Kier alpha value is -3.36. The SMILES string of the molecule is CCOc1ccccc1C1CC(c2c(O)n(C)c(=O)[nH]c2=O)=NN1C(=O)CC. The number of aromatic amines is 1. The van der Waals surface area contributed by atoms with Crippen LogP contribution in [0.4, 0.5) is 0 Å². The van der Waals surface area contributed by atoms with E-state index in [1.165, 1.54) is 12.1 Å². The van der Waals surface area contributed by atoms with E-state index in [2.05, 4.69) is 10.1 Å². The van der Waals surface area contributed by atoms with Gasteiger partial charge in [-0.2, -0.15) is 5.10 Å². The van der Waals surface area contributed by atoms with Crippen molar-refractivity contribution >= 4 is 11.6 Å². The second-order valence-corrected chi connectivity index (χ2v) is 6.35. The number of amides is 1. The molecule has 0 aliphatic carbocycles. The maximum Gasteiger partial charge on any atom is 0.330 e. The highest BCUT2D eigenvalue weighted by Gasteiger charge is 2.36. The maximum absolute atomic E-state index is 12.5. The van der Waals surface area contributed by atoms with Gasteiger partial charge < -0.3 is 9.84 Å². The summed E-state index contributed by atoms with van der Waals surface area (Å²) in [6.45, 7) is 4.04. The molecule has 1 aromatic heterocycles. The van der Waals surface area contributed by atoms with Gasteiger partial charge in [0, 0.05) is 25.5 Å². The van der Waals surface area contributed by atoms with Crippen molar-refractivity contribution in [2.75, 3.05) is 6.61 Å². The molecule has 0 spiro atoms. The summed E-state index contributed by atoms with van der Waals surface area (Å²) in [5, 5.41) is 16.0. The molecule has 9 heteroatoms. The summed E-state index contributed by atoms with van der Waals surface area (Å²) in [4.78, 5) is 38.7. The third-order valence-corrected chi connectivity index (χ3v) is 4.63. The van der Waals surface area contributed by atoms with E-state index in [1.807, 2.05) is 31.2 Å². The number of aromatic hydroxyl groups is 1. The fourth-order valence-electron chi connectivity index (χ4n) is 3.21. The Kier molecular flexibility index (Phi) is 5.34. The molecule has 148 valence electrons. The van der Waals surface area contributed by atoms with Crippen molar-refractivity contribution in [2.24, 2.45) is 12.1 Å². The predicted molar refractivity (Wildman–Crippen MR) is 103 cm³/mol. The molecule has 1 aromatic carbocycles. The molecule has 1 unspecified atom stereocenters. The van der Waals surface area contributed by atoms with Crippen LogP contribution in [-0.2, 0) is 11.8 Å². The number of hydrazone groups is 1. The normalized spacial score (nSPS) is 16.2. The standard InChI is InChI=1S/C19H22N4O5/c1-4-15(24)23-13(11-8-6-7-9-14(11)28-5-2)10-12(21-23)16-17(25)20-19(27)22(3)18(16)26/h6-9,13,26H,4-5,10H2,1-3H3,(H,20,25,27). The number of carbonyl (C=O) groups excluding carboxylic acids is 1. The number of hydrogen-bond acceptors (Lipinski definition) is 6. The predicted octanol–water partition coefficient (Wildman–Crippen LogP) is 1.27. The monoisotopic (exact) mass is 386 g/mol. The summed E-state index contributed by atoms with van der Waals surface area (Å²) in [5.74, 6) is -0.0962. The number of rotatable bonds is 5. The van der Waals surface area contributed by atoms with Crippen LogP contribution in [-0.4, -0.2) is 37.9 Å². The van der Waals surface area contributed by atoms with E-state index in [1.54, 1.807) is 6.92 Å². The largest absolute Gasteiger partial charge is 0.494 e. The topological polar surface area (TPSA) is 117 Å². The summed E-state index contributed by atoms with van der Waals surface area (Å²) in [5.41, 5.74) is -0.614. The van der Waals surface area contributed by atoms with Crippen LogP contribution in [0.2, 0.25) is 0 Å². The Morgan fingerprint density at radius 3 is 2.71 bits per heavy atom. The van der Waals surface area contributed by atoms with Crippen LogP contribution in [0.3, 0.4) is 0 Å². The Labute approximate surface area is 160 Å². The lowest BCUT2D eigenvalue weighted by molar-refractivity contribution is -0.132. The number of para-hydroxylation sites is 1. The molecule has 1 aliphatic heterocycles. The Morgan fingerprint density at radius 1 is 1.32 bits per heavy atom. The van der Waals surface area contributed by atoms with E-state index in [9.17, 15) is 19.5 Å². The van der Waals surface area contributed by atoms with Crippen LogP contribution in [0.25, 0.3) is 0 Å². The molecule has 9 nitrogen and oxygen atoms in total. The lowest BCUT2D eigenvalue weighted by Crippen LogP contribution is -2.32. The van der Waals surface area contributed by atoms with Gasteiger partial charge >= 0.3 is 5.69 Å². The first-order valence-corrected chi connectivity index (χ1v) is 9.02. The number of benzene rings is 1. The van der Waals surface area contributed by atoms with Gasteiger partial charge in [0.25, 0.3) is 5.56 Å². The van der Waals surface area contributed by atoms with Gasteiger partial charge in [-0.25, -0.2) is 9.80 Å². The first-order valence-electron chi connectivity index (χ1n) is 9.02. The van der Waals surface area contributed by atoms with Crippen LogP contribution in [0, 0.1) is 0 Å². The zero-order valence-corrected chi connectivity index (χ0v) is 15.9. The fourth-order valence-corrected chi connectivity index (χ4v) is 3.21. The summed E-state index contributed by atoms with van der Waals surface area (Å²) in [6, 6.07) is 6.83. The minimum absolute atomic E-state index is 0.118. The van der Waals surface area contributed by atoms with E-state index in [0.717, 1.165) is 10.1 Å². The van der Waals surface area contributed by atoms with E-state index in [0.29, 0.717) is 12.4 Å². The minimum atomic E-state index is -0.748. The second kappa shape index (κ2) is 7.71. The quantitative estimate of drug-likeness (QED) is 0.802. The van der Waals surface area contributed by atoms with E-state index < -0.39 is 23.2 Å². The molecule has 0 bridgehead atoms. The first kappa shape index (κ1) is 19.4. The highest BCUT2D eigenvalue weighted by molar-refractivity contribution is 6.04. The lowest BCUT2D eigenvalue weighted by Gasteiger charge is -2.23. The molecule has 0 saturated heterocycles. The van der Waals surface area contributed by atoms with Crippen LogP contribution in [0.5, 0.6) is 11.6 Å². The molecule has 1 atom stereocenters. The average molecular weight is 386 g/mol. The number of hydrogen-bond donors (Lipinski definition) is 2. The second-order valence-electron chi connectivity index (χ2n) is 6.35. The highest BCUT2D eigenvalue weighted by Crippen LogP contribution is 2.38. The molecule has 0 radical (unpaired) electrons. The van der Waals surface area contributed by atoms with Gasteiger partial charge in [-0.15, -0.1) is 0 Å². The highest BCUT2D eigenvalue weighted by atomic mass is 16.5. The molecule has 3 rings (SSSR count). The van der Waals surface area contributed by atoms with Crippen molar-refractivity contribution in [3.05, 3.63) is 56.2 Å². The van der Waals surface area contributed by atoms with Crippen molar-refractivity contribution in [1.82, 2.24) is 14.6 Å². The first-order chi connectivity index (χ1) is 13.4. The molecule has 2 aromatic rings. The van der Waals surface area contributed by atoms with E-state index in [4.69, 9.17) is 4.74 Å². The summed E-state index contributed by atoms with van der Waals surface area (Å²) in [6.07, 6.45) is 0.421. The number of ether oxygens (including phenoxy) is 1. The Balaban J connectivity index is 2.11. The van der Waals surface area contributed by atoms with Crippen molar-refractivity contribution in [1.29, 1.82) is 0 Å². The van der Waals surface area contributed by atoms with E-state index >= 15 is 0 Å². The Bertz CT molecular complexity index is 1050. The van der Waals surface area contributed by atoms with Gasteiger partial charge in [-0.1, -0.05) is 25.1 Å². The van der Waals surface area contributed by atoms with Crippen LogP contribution < -0.4 is 16.0 Å². The van der Waals surface area contributed by atoms with Crippen LogP contribution in [0.1, 0.15) is 43.9 Å². The molecule has 2 heterocycles. The lowest BCUT2D eigenvalue weighted by atomic mass is 9.98. The summed E-state index contributed by atoms with van der Waals surface area (Å²) >= 11 is 0. The molecule has 28 heavy (non-hydrogen) atoms. The van der Waals surface area contributed by atoms with Crippen molar-refractivity contribution in [3.8, 4) is 11.6 Å². The average Bonchev–Trinajstić information content (AvgIpc) is 3.11. The van der Waals surface area contributed by atoms with Crippen LogP contribution in [0.15, 0.2) is 39.0 Å². The van der Waals surface area contributed by atoms with Gasteiger partial charge in [0.2, 0.25) is 11.8 Å². The van der Waals surface area contributed by atoms with E-state index in [-0.39, 0.29) is 30.0 Å². The van der Waals surface area contributed by atoms with Gasteiger partial charge in [0.05, 0.1) is 18.4 Å². The number of nitrogens with one attached hydrogen (secondary N) is 1. The zero-order valence-electron chi connectivity index (χ0n) is 15.9.